The number of carboxylic acid groups (broad SMARTS) is 1. The normalized spacial score (nSPS) is 25.7. The summed E-state index contributed by atoms with van der Waals surface area (Å²) < 4.78 is 1.21. The van der Waals surface area contributed by atoms with E-state index in [-0.39, 0.29) is 24.2 Å². The van der Waals surface area contributed by atoms with Crippen LogP contribution in [0.15, 0.2) is 40.6 Å². The summed E-state index contributed by atoms with van der Waals surface area (Å²) in [7, 11) is 3.92. The minimum absolute atomic E-state index is 0.0878. The Morgan fingerprint density at radius 2 is 2.21 bits per heavy atom. The van der Waals surface area contributed by atoms with Gasteiger partial charge in [0.25, 0.3) is 0 Å². The maximum absolute atomic E-state index is 10.6. The zero-order valence-corrected chi connectivity index (χ0v) is 18.6. The molecule has 29 heavy (non-hydrogen) atoms. The molecule has 3 N–H and O–H groups in total. The van der Waals surface area contributed by atoms with E-state index in [1.807, 2.05) is 24.2 Å². The molecule has 5 atom stereocenters. The minimum atomic E-state index is -0.769. The van der Waals surface area contributed by atoms with Crippen LogP contribution < -0.4 is 0 Å². The topological polar surface area (TPSA) is 77.8 Å². The molecule has 0 spiro atoms. The van der Waals surface area contributed by atoms with Crippen LogP contribution in [-0.2, 0) is 4.79 Å². The number of thiophene rings is 1. The average molecular weight is 434 g/mol. The SMILES string of the molecule is B=C[C@@H]1CC(O)[C@H](C/C=C\CCCC(=O)O)[C@H]1/C=C/[C@@H](O)CSc1ccc(C)s1. The van der Waals surface area contributed by atoms with Crippen molar-refractivity contribution >= 4 is 42.5 Å². The van der Waals surface area contributed by atoms with Crippen LogP contribution in [0.3, 0.4) is 0 Å². The predicted octanol–water partition coefficient (Wildman–Crippen LogP) is 3.58. The fourth-order valence-corrected chi connectivity index (χ4v) is 5.78. The number of carboxylic acids is 1. The van der Waals surface area contributed by atoms with E-state index >= 15 is 0 Å². The Hall–Kier alpha value is -1.15. The van der Waals surface area contributed by atoms with Gasteiger partial charge in [-0.05, 0) is 0 Å². The summed E-state index contributed by atoms with van der Waals surface area (Å²) >= 11 is 3.39. The quantitative estimate of drug-likeness (QED) is 0.203. The monoisotopic (exact) mass is 434 g/mol. The number of thioether (sulfide) groups is 1. The number of carbonyl (C=O) groups is 1. The Morgan fingerprint density at radius 1 is 1.41 bits per heavy atom. The van der Waals surface area contributed by atoms with E-state index in [0.717, 1.165) is 12.8 Å². The summed E-state index contributed by atoms with van der Waals surface area (Å²) in [5.74, 6) is 2.18. The Kier molecular flexibility index (Phi) is 10.4. The van der Waals surface area contributed by atoms with Crippen molar-refractivity contribution in [3.05, 3.63) is 41.3 Å². The molecule has 0 bridgehead atoms. The molecular formula is C22H31BO4S2. The van der Waals surface area contributed by atoms with Crippen LogP contribution in [0.25, 0.3) is 0 Å². The summed E-state index contributed by atoms with van der Waals surface area (Å²) in [6.45, 7) is 2.08. The number of rotatable bonds is 12. The summed E-state index contributed by atoms with van der Waals surface area (Å²) in [6, 6.07) is 4.17. The van der Waals surface area contributed by atoms with Crippen LogP contribution in [0, 0.1) is 24.7 Å². The molecule has 2 rings (SSSR count). The van der Waals surface area contributed by atoms with Crippen molar-refractivity contribution < 1.29 is 20.1 Å². The first-order valence-corrected chi connectivity index (χ1v) is 11.9. The maximum atomic E-state index is 10.6. The predicted molar refractivity (Wildman–Crippen MR) is 124 cm³/mol. The van der Waals surface area contributed by atoms with Crippen molar-refractivity contribution in [1.82, 2.24) is 0 Å². The number of allylic oxidation sites excluding steroid dienone is 3. The summed E-state index contributed by atoms with van der Waals surface area (Å²) in [5, 5.41) is 29.5. The number of aliphatic carboxylic acids is 1. The van der Waals surface area contributed by atoms with Crippen LogP contribution in [0.2, 0.25) is 0 Å². The van der Waals surface area contributed by atoms with E-state index in [0.29, 0.717) is 18.6 Å². The number of aliphatic hydroxyl groups excluding tert-OH is 2. The van der Waals surface area contributed by atoms with Crippen molar-refractivity contribution in [2.45, 2.75) is 55.4 Å². The van der Waals surface area contributed by atoms with Gasteiger partial charge in [0.2, 0.25) is 0 Å². The molecule has 4 nitrogen and oxygen atoms in total. The van der Waals surface area contributed by atoms with Gasteiger partial charge in [-0.1, -0.05) is 0 Å². The number of unbranched alkanes of at least 4 members (excludes halogenated alkanes) is 1. The van der Waals surface area contributed by atoms with Crippen LogP contribution in [0.4, 0.5) is 0 Å². The van der Waals surface area contributed by atoms with Crippen molar-refractivity contribution in [1.29, 1.82) is 0 Å². The molecule has 7 heteroatoms. The van der Waals surface area contributed by atoms with Gasteiger partial charge < -0.3 is 0 Å². The van der Waals surface area contributed by atoms with E-state index in [2.05, 4.69) is 32.6 Å². The Balaban J connectivity index is 1.87. The standard InChI is InChI=1S/C22H31BO4S2/c1-15-8-11-22(29-15)28-14-17(24)9-10-18-16(13-23)12-20(25)19(18)6-4-2-3-5-7-21(26)27/h2,4,8-11,13,16-20,23-25H,3,5-7,12,14H2,1H3,(H,26,27)/b4-2-,10-9+/t16-,17+,18-,19+,20?/m0/s1. The first kappa shape index (κ1) is 24.1. The van der Waals surface area contributed by atoms with Gasteiger partial charge in [-0.25, -0.2) is 0 Å². The molecule has 0 aliphatic heterocycles. The number of hydrogen-bond donors (Lipinski definition) is 3. The van der Waals surface area contributed by atoms with Crippen molar-refractivity contribution in [2.75, 3.05) is 5.75 Å². The molecule has 1 saturated carbocycles. The van der Waals surface area contributed by atoms with Crippen LogP contribution in [0.1, 0.15) is 37.0 Å². The van der Waals surface area contributed by atoms with Crippen LogP contribution in [-0.4, -0.2) is 52.7 Å². The first-order valence-electron chi connectivity index (χ1n) is 10.1. The van der Waals surface area contributed by atoms with E-state index in [9.17, 15) is 15.0 Å². The zero-order chi connectivity index (χ0) is 21.2. The molecule has 0 amide bonds. The fourth-order valence-electron chi connectivity index (χ4n) is 3.75. The fraction of sp³-hybridized carbons (Fsp3) is 0.545. The molecule has 1 unspecified atom stereocenters. The van der Waals surface area contributed by atoms with Gasteiger partial charge in [0.05, 0.1) is 0 Å². The van der Waals surface area contributed by atoms with Gasteiger partial charge in [0.1, 0.15) is 0 Å². The van der Waals surface area contributed by atoms with Gasteiger partial charge in [0, 0.05) is 0 Å². The number of aryl methyl sites for hydroxylation is 1. The molecular weight excluding hydrogens is 403 g/mol. The third-order valence-electron chi connectivity index (χ3n) is 5.30. The third kappa shape index (κ3) is 8.25. The van der Waals surface area contributed by atoms with E-state index < -0.39 is 18.2 Å². The van der Waals surface area contributed by atoms with Crippen molar-refractivity contribution in [3.63, 3.8) is 0 Å². The summed E-state index contributed by atoms with van der Waals surface area (Å²) in [6.07, 6.45) is 10.0. The Labute approximate surface area is 182 Å². The van der Waals surface area contributed by atoms with E-state index in [1.54, 1.807) is 23.1 Å². The van der Waals surface area contributed by atoms with Gasteiger partial charge in [-0.3, -0.25) is 0 Å². The Morgan fingerprint density at radius 3 is 2.86 bits per heavy atom. The van der Waals surface area contributed by atoms with Crippen molar-refractivity contribution in [3.8, 4) is 0 Å². The second-order valence-electron chi connectivity index (χ2n) is 7.57. The summed E-state index contributed by atoms with van der Waals surface area (Å²) in [5.41, 5.74) is 0. The molecule has 1 aliphatic rings. The van der Waals surface area contributed by atoms with Gasteiger partial charge in [0.15, 0.2) is 0 Å². The van der Waals surface area contributed by atoms with E-state index in [4.69, 9.17) is 5.11 Å². The molecule has 158 valence electrons. The summed E-state index contributed by atoms with van der Waals surface area (Å²) in [4.78, 5) is 11.8. The van der Waals surface area contributed by atoms with Gasteiger partial charge >= 0.3 is 183 Å². The Bertz CT molecular complexity index is 715. The molecule has 1 aliphatic carbocycles. The molecule has 1 fully saturated rings. The van der Waals surface area contributed by atoms with Gasteiger partial charge in [-0.15, -0.1) is 0 Å². The molecule has 0 aromatic carbocycles. The number of aliphatic hydroxyl groups is 2. The van der Waals surface area contributed by atoms with Gasteiger partial charge in [-0.2, -0.15) is 0 Å². The third-order valence-corrected chi connectivity index (χ3v) is 7.63. The molecule has 1 heterocycles. The number of hydrogen-bond acceptors (Lipinski definition) is 5. The van der Waals surface area contributed by atoms with Crippen molar-refractivity contribution in [2.24, 2.45) is 17.8 Å². The molecule has 1 aromatic heterocycles. The molecule has 0 saturated heterocycles. The van der Waals surface area contributed by atoms with Crippen LogP contribution in [0.5, 0.6) is 0 Å². The zero-order valence-electron chi connectivity index (χ0n) is 16.9. The average Bonchev–Trinajstić information content (AvgIpc) is 3.23. The first-order chi connectivity index (χ1) is 13.9. The second-order valence-corrected chi connectivity index (χ2v) is 10.2. The second kappa shape index (κ2) is 12.5. The van der Waals surface area contributed by atoms with Crippen LogP contribution >= 0.6 is 23.1 Å². The van der Waals surface area contributed by atoms with E-state index in [1.165, 1.54) is 9.09 Å². The molecule has 0 radical (unpaired) electrons. The molecule has 1 aromatic rings.